The summed E-state index contributed by atoms with van der Waals surface area (Å²) in [6, 6.07) is 20.4. The smallest absolute Gasteiger partial charge is 0.175 e. The second-order valence-corrected chi connectivity index (χ2v) is 11.9. The number of carbonyl (C=O) groups is 2. The summed E-state index contributed by atoms with van der Waals surface area (Å²) in [5.41, 5.74) is 6.35. The van der Waals surface area contributed by atoms with E-state index >= 15 is 0 Å². The van der Waals surface area contributed by atoms with Gasteiger partial charge < -0.3 is 14.4 Å². The van der Waals surface area contributed by atoms with Gasteiger partial charge in [-0.15, -0.1) is 0 Å². The molecular weight excluding hydrogens is 597 g/mol. The molecule has 42 heavy (non-hydrogen) atoms. The number of ether oxygens (including phenoxy) is 2. The van der Waals surface area contributed by atoms with Gasteiger partial charge >= 0.3 is 0 Å². The van der Waals surface area contributed by atoms with E-state index in [1.807, 2.05) is 30.3 Å². The Labute approximate surface area is 254 Å². The molecular formula is C35H33BrFNO4. The second kappa shape index (κ2) is 12.3. The highest BCUT2D eigenvalue weighted by atomic mass is 79.9. The normalized spacial score (nSPS) is 17.4. The highest BCUT2D eigenvalue weighted by Gasteiger charge is 2.43. The van der Waals surface area contributed by atoms with Gasteiger partial charge in [0.25, 0.3) is 0 Å². The van der Waals surface area contributed by atoms with Crippen LogP contribution >= 0.6 is 15.9 Å². The minimum atomic E-state index is -0.453. The van der Waals surface area contributed by atoms with Crippen molar-refractivity contribution in [3.63, 3.8) is 0 Å². The van der Waals surface area contributed by atoms with Crippen LogP contribution in [0, 0.1) is 5.82 Å². The van der Waals surface area contributed by atoms with Crippen LogP contribution in [0.15, 0.2) is 93.7 Å². The van der Waals surface area contributed by atoms with E-state index in [0.717, 1.165) is 66.8 Å². The van der Waals surface area contributed by atoms with Crippen LogP contribution in [0.1, 0.15) is 61.1 Å². The Hall–Kier alpha value is -3.71. The highest BCUT2D eigenvalue weighted by molar-refractivity contribution is 9.10. The number of halogens is 2. The molecule has 0 unspecified atom stereocenters. The maximum Gasteiger partial charge on any atom is 0.175 e. The third-order valence-corrected chi connectivity index (χ3v) is 9.00. The van der Waals surface area contributed by atoms with E-state index in [0.29, 0.717) is 34.4 Å². The van der Waals surface area contributed by atoms with Crippen LogP contribution in [-0.2, 0) is 22.6 Å². The first-order chi connectivity index (χ1) is 20.4. The highest BCUT2D eigenvalue weighted by Crippen LogP contribution is 2.51. The van der Waals surface area contributed by atoms with Gasteiger partial charge in [-0.3, -0.25) is 9.59 Å². The summed E-state index contributed by atoms with van der Waals surface area (Å²) in [5.74, 6) is 0.410. The van der Waals surface area contributed by atoms with Gasteiger partial charge in [-0.2, -0.15) is 0 Å². The molecule has 0 N–H and O–H groups in total. The summed E-state index contributed by atoms with van der Waals surface area (Å²) in [4.78, 5) is 29.7. The molecule has 3 aromatic carbocycles. The Balaban J connectivity index is 1.41. The fourth-order valence-electron chi connectivity index (χ4n) is 6.53. The zero-order valence-electron chi connectivity index (χ0n) is 23.6. The molecule has 0 aromatic heterocycles. The van der Waals surface area contributed by atoms with Crippen LogP contribution < -0.4 is 9.47 Å². The summed E-state index contributed by atoms with van der Waals surface area (Å²) >= 11 is 3.67. The minimum Gasteiger partial charge on any atom is -0.493 e. The van der Waals surface area contributed by atoms with E-state index in [2.05, 4.69) is 33.0 Å². The molecule has 0 amide bonds. The van der Waals surface area contributed by atoms with Gasteiger partial charge in [-0.1, -0.05) is 42.5 Å². The van der Waals surface area contributed by atoms with Crippen molar-refractivity contribution in [1.82, 2.24) is 4.90 Å². The number of carbonyl (C=O) groups excluding carboxylic acids is 2. The van der Waals surface area contributed by atoms with E-state index in [4.69, 9.17) is 9.47 Å². The van der Waals surface area contributed by atoms with Crippen LogP contribution in [0.4, 0.5) is 4.39 Å². The zero-order chi connectivity index (χ0) is 29.2. The van der Waals surface area contributed by atoms with Crippen LogP contribution in [0.3, 0.4) is 0 Å². The molecule has 0 radical (unpaired) electrons. The lowest BCUT2D eigenvalue weighted by Crippen LogP contribution is -2.40. The molecule has 0 bridgehead atoms. The molecule has 7 heteroatoms. The van der Waals surface area contributed by atoms with Crippen molar-refractivity contribution in [2.24, 2.45) is 0 Å². The van der Waals surface area contributed by atoms with Crippen LogP contribution in [-0.4, -0.2) is 30.1 Å². The van der Waals surface area contributed by atoms with E-state index in [-0.39, 0.29) is 24.0 Å². The molecule has 0 saturated heterocycles. The number of hydrogen-bond donors (Lipinski definition) is 0. The van der Waals surface area contributed by atoms with Gasteiger partial charge in [0.15, 0.2) is 23.1 Å². The number of benzene rings is 3. The number of methoxy groups -OCH3 is 1. The van der Waals surface area contributed by atoms with E-state index in [1.54, 1.807) is 19.2 Å². The van der Waals surface area contributed by atoms with Gasteiger partial charge in [0.2, 0.25) is 0 Å². The van der Waals surface area contributed by atoms with E-state index in [1.165, 1.54) is 17.7 Å². The Morgan fingerprint density at radius 3 is 2.17 bits per heavy atom. The second-order valence-electron chi connectivity index (χ2n) is 11.0. The zero-order valence-corrected chi connectivity index (χ0v) is 25.2. The van der Waals surface area contributed by atoms with Crippen LogP contribution in [0.5, 0.6) is 11.5 Å². The monoisotopic (exact) mass is 629 g/mol. The Morgan fingerprint density at radius 2 is 1.52 bits per heavy atom. The number of Topliss-reactive ketones (excluding diaryl/α,β-unsaturated/α-hetero) is 2. The van der Waals surface area contributed by atoms with Crippen LogP contribution in [0.2, 0.25) is 0 Å². The van der Waals surface area contributed by atoms with Crippen molar-refractivity contribution in [2.75, 3.05) is 13.7 Å². The van der Waals surface area contributed by atoms with Crippen molar-refractivity contribution < 1.29 is 23.5 Å². The number of allylic oxidation sites excluding steroid dienone is 4. The maximum absolute atomic E-state index is 13.7. The maximum atomic E-state index is 13.7. The predicted molar refractivity (Wildman–Crippen MR) is 163 cm³/mol. The lowest BCUT2D eigenvalue weighted by Gasteiger charge is -2.44. The summed E-state index contributed by atoms with van der Waals surface area (Å²) in [7, 11) is 1.57. The number of rotatable bonds is 8. The molecule has 1 heterocycles. The van der Waals surface area contributed by atoms with E-state index in [9.17, 15) is 14.0 Å². The molecule has 3 aromatic rings. The fourth-order valence-corrected chi connectivity index (χ4v) is 7.11. The third kappa shape index (κ3) is 5.54. The summed E-state index contributed by atoms with van der Waals surface area (Å²) < 4.78 is 26.2. The van der Waals surface area contributed by atoms with Crippen molar-refractivity contribution in [3.8, 4) is 11.5 Å². The Bertz CT molecular complexity index is 1550. The van der Waals surface area contributed by atoms with Crippen molar-refractivity contribution in [2.45, 2.75) is 57.5 Å². The van der Waals surface area contributed by atoms with Gasteiger partial charge in [-0.05, 0) is 89.0 Å². The fraction of sp³-hybridized carbons (Fsp3) is 0.314. The number of nitrogens with zero attached hydrogens (tertiary/aromatic N) is 1. The predicted octanol–water partition coefficient (Wildman–Crippen LogP) is 7.83. The van der Waals surface area contributed by atoms with E-state index < -0.39 is 5.92 Å². The SMILES string of the molecule is COc1cc(C2C3=C(CCCC3=O)N(CCc3ccccc3)C3=C2C(=O)CCC3)cc(Br)c1OCc1cccc(F)c1. The van der Waals surface area contributed by atoms with Crippen molar-refractivity contribution in [3.05, 3.63) is 116 Å². The lowest BCUT2D eigenvalue weighted by molar-refractivity contribution is -0.117. The number of hydrogen-bond acceptors (Lipinski definition) is 5. The standard InChI is InChI=1S/C35H33BrFNO4/c1-41-31-20-24(19-26(36)35(31)42-21-23-10-5-11-25(37)18-23)32-33-27(12-6-14-29(33)39)38(17-16-22-8-3-2-4-9-22)28-13-7-15-30(40)34(28)32/h2-5,8-11,18-20,32H,6-7,12-17,21H2,1H3. The Morgan fingerprint density at radius 1 is 0.857 bits per heavy atom. The molecule has 1 aliphatic heterocycles. The largest absolute Gasteiger partial charge is 0.493 e. The van der Waals surface area contributed by atoms with Gasteiger partial charge in [0.05, 0.1) is 11.6 Å². The van der Waals surface area contributed by atoms with Gasteiger partial charge in [-0.25, -0.2) is 4.39 Å². The molecule has 0 saturated carbocycles. The first kappa shape index (κ1) is 28.4. The molecule has 3 aliphatic rings. The van der Waals surface area contributed by atoms with Crippen molar-refractivity contribution in [1.29, 1.82) is 0 Å². The third-order valence-electron chi connectivity index (χ3n) is 8.41. The molecule has 216 valence electrons. The molecule has 6 rings (SSSR count). The van der Waals surface area contributed by atoms with Gasteiger partial charge in [0, 0.05) is 47.8 Å². The molecule has 2 aliphatic carbocycles. The molecule has 0 atom stereocenters. The quantitative estimate of drug-likeness (QED) is 0.254. The topological polar surface area (TPSA) is 55.8 Å². The van der Waals surface area contributed by atoms with Gasteiger partial charge in [0.1, 0.15) is 12.4 Å². The Kier molecular flexibility index (Phi) is 8.29. The number of ketones is 2. The average Bonchev–Trinajstić information content (AvgIpc) is 2.99. The first-order valence-electron chi connectivity index (χ1n) is 14.5. The minimum absolute atomic E-state index is 0.109. The lowest BCUT2D eigenvalue weighted by atomic mass is 9.71. The van der Waals surface area contributed by atoms with Crippen molar-refractivity contribution >= 4 is 27.5 Å². The first-order valence-corrected chi connectivity index (χ1v) is 15.3. The summed E-state index contributed by atoms with van der Waals surface area (Å²) in [5, 5.41) is 0. The van der Waals surface area contributed by atoms with Crippen LogP contribution in [0.25, 0.3) is 0 Å². The molecule has 0 fully saturated rings. The summed E-state index contributed by atoms with van der Waals surface area (Å²) in [6.45, 7) is 0.891. The average molecular weight is 631 g/mol. The molecule has 5 nitrogen and oxygen atoms in total. The summed E-state index contributed by atoms with van der Waals surface area (Å²) in [6.07, 6.45) is 5.02. The molecule has 0 spiro atoms.